The molecule has 1 heterocycles. The topological polar surface area (TPSA) is 30.0 Å². The van der Waals surface area contributed by atoms with Crippen molar-refractivity contribution in [3.63, 3.8) is 0 Å². The minimum absolute atomic E-state index is 0.0168. The van der Waals surface area contributed by atoms with Crippen LogP contribution < -0.4 is 0 Å². The quantitative estimate of drug-likeness (QED) is 0.796. The van der Waals surface area contributed by atoms with E-state index in [0.717, 1.165) is 5.01 Å². The molecule has 0 spiro atoms. The molecule has 2 aromatic rings. The molecule has 1 aromatic carbocycles. The van der Waals surface area contributed by atoms with E-state index >= 15 is 0 Å². The monoisotopic (exact) mass is 269 g/mol. The lowest BCUT2D eigenvalue weighted by Gasteiger charge is -2.02. The number of rotatable bonds is 3. The van der Waals surface area contributed by atoms with Crippen LogP contribution in [0.25, 0.3) is 0 Å². The second-order valence-electron chi connectivity index (χ2n) is 3.56. The number of benzene rings is 1. The first-order valence-corrected chi connectivity index (χ1v) is 6.22. The van der Waals surface area contributed by atoms with Gasteiger partial charge in [-0.2, -0.15) is 0 Å². The van der Waals surface area contributed by atoms with E-state index < -0.39 is 5.82 Å². The smallest absolute Gasteiger partial charge is 0.171 e. The van der Waals surface area contributed by atoms with Gasteiger partial charge in [0.25, 0.3) is 0 Å². The zero-order valence-corrected chi connectivity index (χ0v) is 10.6. The highest BCUT2D eigenvalue weighted by Crippen LogP contribution is 2.19. The van der Waals surface area contributed by atoms with Crippen LogP contribution in [0.4, 0.5) is 4.39 Å². The lowest BCUT2D eigenvalue weighted by molar-refractivity contribution is 0.0988. The van der Waals surface area contributed by atoms with Crippen LogP contribution in [0.2, 0.25) is 5.02 Å². The Balaban J connectivity index is 2.23. The maximum atomic E-state index is 13.6. The molecule has 88 valence electrons. The number of ketones is 1. The molecule has 0 radical (unpaired) electrons. The van der Waals surface area contributed by atoms with Crippen molar-refractivity contribution in [2.24, 2.45) is 0 Å². The molecular weight excluding hydrogens is 261 g/mol. The highest BCUT2D eigenvalue weighted by atomic mass is 35.5. The number of aryl methyl sites for hydroxylation is 1. The summed E-state index contributed by atoms with van der Waals surface area (Å²) in [6, 6.07) is 4.41. The molecule has 0 saturated heterocycles. The van der Waals surface area contributed by atoms with Gasteiger partial charge in [0.05, 0.1) is 27.7 Å². The molecule has 2 nitrogen and oxygen atoms in total. The van der Waals surface area contributed by atoms with E-state index in [1.807, 2.05) is 6.92 Å². The number of thiazole rings is 1. The van der Waals surface area contributed by atoms with Crippen molar-refractivity contribution in [3.05, 3.63) is 50.7 Å². The molecule has 0 aliphatic heterocycles. The summed E-state index contributed by atoms with van der Waals surface area (Å²) in [5.41, 5.74) is 0.681. The summed E-state index contributed by atoms with van der Waals surface area (Å²) in [5, 5.41) is 2.65. The van der Waals surface area contributed by atoms with Gasteiger partial charge in [-0.3, -0.25) is 4.79 Å². The Morgan fingerprint density at radius 3 is 2.94 bits per heavy atom. The summed E-state index contributed by atoms with van der Waals surface area (Å²) >= 11 is 7.09. The Bertz CT molecular complexity index is 567. The predicted molar refractivity (Wildman–Crippen MR) is 66.3 cm³/mol. The molecule has 1 aromatic heterocycles. The van der Waals surface area contributed by atoms with Gasteiger partial charge in [0.15, 0.2) is 11.6 Å². The van der Waals surface area contributed by atoms with Crippen molar-refractivity contribution < 1.29 is 9.18 Å². The van der Waals surface area contributed by atoms with Crippen molar-refractivity contribution in [1.82, 2.24) is 4.98 Å². The van der Waals surface area contributed by atoms with Gasteiger partial charge in [-0.15, -0.1) is 11.3 Å². The first-order chi connectivity index (χ1) is 8.08. The van der Waals surface area contributed by atoms with Crippen LogP contribution >= 0.6 is 22.9 Å². The van der Waals surface area contributed by atoms with Gasteiger partial charge in [0.2, 0.25) is 0 Å². The van der Waals surface area contributed by atoms with E-state index in [-0.39, 0.29) is 22.8 Å². The Kier molecular flexibility index (Phi) is 3.54. The third-order valence-corrected chi connectivity index (χ3v) is 3.37. The summed E-state index contributed by atoms with van der Waals surface area (Å²) in [5.74, 6) is -0.971. The van der Waals surface area contributed by atoms with Crippen molar-refractivity contribution in [1.29, 1.82) is 0 Å². The molecule has 0 aliphatic rings. The largest absolute Gasteiger partial charge is 0.294 e. The SMILES string of the molecule is Cc1nc(CC(=O)c2cccc(Cl)c2F)cs1. The summed E-state index contributed by atoms with van der Waals surface area (Å²) in [4.78, 5) is 16.0. The standard InChI is InChI=1S/C12H9ClFNOS/c1-7-15-8(6-17-7)5-11(16)9-3-2-4-10(13)12(9)14/h2-4,6H,5H2,1H3. The van der Waals surface area contributed by atoms with Crippen LogP contribution in [0.5, 0.6) is 0 Å². The molecular formula is C12H9ClFNOS. The van der Waals surface area contributed by atoms with Crippen LogP contribution in [-0.4, -0.2) is 10.8 Å². The first kappa shape index (κ1) is 12.2. The van der Waals surface area contributed by atoms with Gasteiger partial charge in [0, 0.05) is 5.38 Å². The van der Waals surface area contributed by atoms with E-state index in [2.05, 4.69) is 4.98 Å². The van der Waals surface area contributed by atoms with Crippen LogP contribution in [0.1, 0.15) is 21.1 Å². The van der Waals surface area contributed by atoms with E-state index in [0.29, 0.717) is 5.69 Å². The third-order valence-electron chi connectivity index (χ3n) is 2.26. The van der Waals surface area contributed by atoms with Gasteiger partial charge in [0.1, 0.15) is 0 Å². The molecule has 5 heteroatoms. The molecule has 2 rings (SSSR count). The average molecular weight is 270 g/mol. The van der Waals surface area contributed by atoms with Crippen LogP contribution in [0.15, 0.2) is 23.6 Å². The lowest BCUT2D eigenvalue weighted by atomic mass is 10.1. The number of hydrogen-bond acceptors (Lipinski definition) is 3. The van der Waals surface area contributed by atoms with E-state index in [4.69, 9.17) is 11.6 Å². The van der Waals surface area contributed by atoms with Gasteiger partial charge in [-0.05, 0) is 19.1 Å². The fraction of sp³-hybridized carbons (Fsp3) is 0.167. The molecule has 0 amide bonds. The summed E-state index contributed by atoms with van der Waals surface area (Å²) in [6.45, 7) is 1.86. The van der Waals surface area contributed by atoms with Gasteiger partial charge in [-0.1, -0.05) is 17.7 Å². The highest BCUT2D eigenvalue weighted by Gasteiger charge is 2.15. The van der Waals surface area contributed by atoms with Crippen molar-refractivity contribution in [2.75, 3.05) is 0 Å². The van der Waals surface area contributed by atoms with E-state index in [1.165, 1.54) is 23.5 Å². The minimum Gasteiger partial charge on any atom is -0.294 e. The van der Waals surface area contributed by atoms with E-state index in [9.17, 15) is 9.18 Å². The molecule has 0 N–H and O–H groups in total. The number of aromatic nitrogens is 1. The second-order valence-corrected chi connectivity index (χ2v) is 5.03. The molecule has 0 unspecified atom stereocenters. The van der Waals surface area contributed by atoms with Crippen molar-refractivity contribution in [2.45, 2.75) is 13.3 Å². The molecule has 0 aliphatic carbocycles. The number of Topliss-reactive ketones (excluding diaryl/α,β-unsaturated/α-hetero) is 1. The minimum atomic E-state index is -0.661. The summed E-state index contributed by atoms with van der Waals surface area (Å²) in [6.07, 6.45) is 0.0988. The number of halogens is 2. The maximum absolute atomic E-state index is 13.6. The molecule has 0 fully saturated rings. The van der Waals surface area contributed by atoms with Crippen molar-refractivity contribution in [3.8, 4) is 0 Å². The summed E-state index contributed by atoms with van der Waals surface area (Å²) < 4.78 is 13.6. The summed E-state index contributed by atoms with van der Waals surface area (Å²) in [7, 11) is 0. The zero-order chi connectivity index (χ0) is 12.4. The van der Waals surface area contributed by atoms with Crippen LogP contribution in [0.3, 0.4) is 0 Å². The molecule has 17 heavy (non-hydrogen) atoms. The molecule has 0 atom stereocenters. The number of carbonyl (C=O) groups is 1. The Hall–Kier alpha value is -1.26. The third kappa shape index (κ3) is 2.70. The van der Waals surface area contributed by atoms with Crippen LogP contribution in [0, 0.1) is 12.7 Å². The predicted octanol–water partition coefficient (Wildman–Crippen LogP) is 3.67. The zero-order valence-electron chi connectivity index (χ0n) is 9.04. The molecule has 0 saturated carbocycles. The van der Waals surface area contributed by atoms with Crippen molar-refractivity contribution >= 4 is 28.7 Å². The van der Waals surface area contributed by atoms with E-state index in [1.54, 1.807) is 11.4 Å². The molecule has 0 bridgehead atoms. The van der Waals surface area contributed by atoms with Gasteiger partial charge in [-0.25, -0.2) is 9.37 Å². The fourth-order valence-corrected chi connectivity index (χ4v) is 2.26. The van der Waals surface area contributed by atoms with Gasteiger partial charge < -0.3 is 0 Å². The second kappa shape index (κ2) is 4.94. The lowest BCUT2D eigenvalue weighted by Crippen LogP contribution is -2.06. The normalized spacial score (nSPS) is 10.5. The Morgan fingerprint density at radius 2 is 2.29 bits per heavy atom. The number of carbonyl (C=O) groups excluding carboxylic acids is 1. The fourth-order valence-electron chi connectivity index (χ4n) is 1.47. The maximum Gasteiger partial charge on any atom is 0.171 e. The average Bonchev–Trinajstić information content (AvgIpc) is 2.68. The Labute approximate surface area is 107 Å². The van der Waals surface area contributed by atoms with Gasteiger partial charge >= 0.3 is 0 Å². The number of hydrogen-bond donors (Lipinski definition) is 0. The van der Waals surface area contributed by atoms with Crippen LogP contribution in [-0.2, 0) is 6.42 Å². The Morgan fingerprint density at radius 1 is 1.53 bits per heavy atom. The highest BCUT2D eigenvalue weighted by molar-refractivity contribution is 7.09. The number of nitrogens with zero attached hydrogens (tertiary/aromatic N) is 1. The first-order valence-electron chi connectivity index (χ1n) is 4.96.